The summed E-state index contributed by atoms with van der Waals surface area (Å²) in [5, 5.41) is 0. The van der Waals surface area contributed by atoms with E-state index < -0.39 is 0 Å². The van der Waals surface area contributed by atoms with E-state index in [-0.39, 0.29) is 0 Å². The zero-order valence-corrected chi connectivity index (χ0v) is 9.47. The molecule has 0 aromatic rings. The topological polar surface area (TPSA) is 29.3 Å². The summed E-state index contributed by atoms with van der Waals surface area (Å²) in [6.45, 7) is 3.47. The molecule has 0 aromatic carbocycles. The van der Waals surface area contributed by atoms with Crippen molar-refractivity contribution >= 4 is 0 Å². The molecule has 0 bridgehead atoms. The van der Waals surface area contributed by atoms with Crippen LogP contribution in [-0.2, 0) is 0 Å². The second-order valence-corrected chi connectivity index (χ2v) is 5.37. The maximum Gasteiger partial charge on any atom is 0.00385 e. The largest absolute Gasteiger partial charge is 0.330 e. The molecule has 1 unspecified atom stereocenters. The highest BCUT2D eigenvalue weighted by molar-refractivity contribution is 4.95. The molecule has 2 N–H and O–H groups in total. The Balaban J connectivity index is 2.05. The van der Waals surface area contributed by atoms with Crippen molar-refractivity contribution in [3.8, 4) is 0 Å². The molecular weight excluding hydrogens is 172 g/mol. The maximum absolute atomic E-state index is 5.79. The Morgan fingerprint density at radius 1 is 1.36 bits per heavy atom. The summed E-state index contributed by atoms with van der Waals surface area (Å²) in [5.74, 6) is 0.982. The van der Waals surface area contributed by atoms with E-state index in [1.165, 1.54) is 51.6 Å². The average molecular weight is 196 g/mol. The van der Waals surface area contributed by atoms with Crippen LogP contribution in [0.15, 0.2) is 0 Å². The molecule has 82 valence electrons. The van der Waals surface area contributed by atoms with Gasteiger partial charge >= 0.3 is 0 Å². The highest BCUT2D eigenvalue weighted by atomic mass is 15.1. The molecule has 2 nitrogen and oxygen atoms in total. The van der Waals surface area contributed by atoms with E-state index in [2.05, 4.69) is 11.9 Å². The number of nitrogens with zero attached hydrogens (tertiary/aromatic N) is 1. The van der Waals surface area contributed by atoms with Crippen LogP contribution in [0, 0.1) is 11.3 Å². The molecule has 14 heavy (non-hydrogen) atoms. The van der Waals surface area contributed by atoms with E-state index in [0.29, 0.717) is 5.41 Å². The standard InChI is InChI=1S/C12H24N2/c1-14-9-7-12(10-14,6-8-13)11-4-2-3-5-11/h11H,2-10,13H2,1H3. The van der Waals surface area contributed by atoms with Gasteiger partial charge in [0.1, 0.15) is 0 Å². The fourth-order valence-corrected chi connectivity index (χ4v) is 3.68. The van der Waals surface area contributed by atoms with Gasteiger partial charge in [0.2, 0.25) is 0 Å². The van der Waals surface area contributed by atoms with Gasteiger partial charge in [-0.3, -0.25) is 0 Å². The minimum absolute atomic E-state index is 0.597. The van der Waals surface area contributed by atoms with Crippen LogP contribution in [0.25, 0.3) is 0 Å². The lowest BCUT2D eigenvalue weighted by Crippen LogP contribution is -2.34. The van der Waals surface area contributed by atoms with Crippen molar-refractivity contribution in [1.29, 1.82) is 0 Å². The number of hydrogen-bond donors (Lipinski definition) is 1. The summed E-state index contributed by atoms with van der Waals surface area (Å²) in [6.07, 6.45) is 8.50. The van der Waals surface area contributed by atoms with Crippen molar-refractivity contribution in [2.24, 2.45) is 17.1 Å². The van der Waals surface area contributed by atoms with Gasteiger partial charge in [0.25, 0.3) is 0 Å². The highest BCUT2D eigenvalue weighted by Crippen LogP contribution is 2.47. The Kier molecular flexibility index (Phi) is 3.13. The van der Waals surface area contributed by atoms with Gasteiger partial charge in [-0.2, -0.15) is 0 Å². The molecule has 2 fully saturated rings. The number of nitrogens with two attached hydrogens (primary N) is 1. The number of hydrogen-bond acceptors (Lipinski definition) is 2. The van der Waals surface area contributed by atoms with Crippen LogP contribution in [0.3, 0.4) is 0 Å². The molecule has 0 amide bonds. The van der Waals surface area contributed by atoms with E-state index in [4.69, 9.17) is 5.73 Å². The first-order valence-electron chi connectivity index (χ1n) is 6.15. The average Bonchev–Trinajstić information content (AvgIpc) is 2.75. The lowest BCUT2D eigenvalue weighted by molar-refractivity contribution is 0.158. The van der Waals surface area contributed by atoms with Gasteiger partial charge in [-0.1, -0.05) is 12.8 Å². The molecule has 1 aliphatic heterocycles. The van der Waals surface area contributed by atoms with Crippen LogP contribution >= 0.6 is 0 Å². The second kappa shape index (κ2) is 4.19. The molecule has 1 saturated carbocycles. The van der Waals surface area contributed by atoms with Gasteiger partial charge in [0.05, 0.1) is 0 Å². The van der Waals surface area contributed by atoms with Crippen molar-refractivity contribution in [1.82, 2.24) is 4.90 Å². The Hall–Kier alpha value is -0.0800. The summed E-state index contributed by atoms with van der Waals surface area (Å²) in [4.78, 5) is 2.49. The molecule has 2 heteroatoms. The molecule has 1 atom stereocenters. The Morgan fingerprint density at radius 3 is 2.57 bits per heavy atom. The van der Waals surface area contributed by atoms with Crippen LogP contribution in [0.5, 0.6) is 0 Å². The molecule has 1 aliphatic carbocycles. The minimum Gasteiger partial charge on any atom is -0.330 e. The van der Waals surface area contributed by atoms with E-state index in [1.807, 2.05) is 0 Å². The van der Waals surface area contributed by atoms with E-state index in [9.17, 15) is 0 Å². The van der Waals surface area contributed by atoms with E-state index in [0.717, 1.165) is 12.5 Å². The summed E-state index contributed by atoms with van der Waals surface area (Å²) < 4.78 is 0. The quantitative estimate of drug-likeness (QED) is 0.746. The Labute approximate surface area is 87.8 Å². The third kappa shape index (κ3) is 1.82. The minimum atomic E-state index is 0.597. The van der Waals surface area contributed by atoms with Crippen LogP contribution in [0.4, 0.5) is 0 Å². The molecular formula is C12H24N2. The number of likely N-dealkylation sites (tertiary alicyclic amines) is 1. The highest BCUT2D eigenvalue weighted by Gasteiger charge is 2.43. The molecule has 1 heterocycles. The van der Waals surface area contributed by atoms with Crippen LogP contribution in [0.1, 0.15) is 38.5 Å². The van der Waals surface area contributed by atoms with E-state index in [1.54, 1.807) is 0 Å². The summed E-state index contributed by atoms with van der Waals surface area (Å²) in [7, 11) is 2.26. The van der Waals surface area contributed by atoms with Gasteiger partial charge in [-0.05, 0) is 57.2 Å². The third-order valence-electron chi connectivity index (χ3n) is 4.44. The monoisotopic (exact) mass is 196 g/mol. The smallest absolute Gasteiger partial charge is 0.00385 e. The first-order valence-corrected chi connectivity index (χ1v) is 6.15. The zero-order chi connectivity index (χ0) is 10.0. The van der Waals surface area contributed by atoms with Gasteiger partial charge in [-0.25, -0.2) is 0 Å². The predicted molar refractivity (Wildman–Crippen MR) is 60.2 cm³/mol. The van der Waals surface area contributed by atoms with Crippen molar-refractivity contribution < 1.29 is 0 Å². The van der Waals surface area contributed by atoms with Gasteiger partial charge in [-0.15, -0.1) is 0 Å². The Morgan fingerprint density at radius 2 is 2.07 bits per heavy atom. The van der Waals surface area contributed by atoms with Gasteiger partial charge in [0.15, 0.2) is 0 Å². The number of rotatable bonds is 3. The van der Waals surface area contributed by atoms with Crippen molar-refractivity contribution in [2.45, 2.75) is 38.5 Å². The zero-order valence-electron chi connectivity index (χ0n) is 9.47. The summed E-state index contributed by atoms with van der Waals surface area (Å²) >= 11 is 0. The third-order valence-corrected chi connectivity index (χ3v) is 4.44. The molecule has 2 rings (SSSR count). The molecule has 1 saturated heterocycles. The lowest BCUT2D eigenvalue weighted by atomic mass is 9.71. The second-order valence-electron chi connectivity index (χ2n) is 5.37. The SMILES string of the molecule is CN1CCC(CCN)(C2CCCC2)C1. The molecule has 0 aromatic heterocycles. The normalized spacial score (nSPS) is 35.6. The van der Waals surface area contributed by atoms with Crippen LogP contribution in [0.2, 0.25) is 0 Å². The van der Waals surface area contributed by atoms with Crippen LogP contribution in [-0.4, -0.2) is 31.6 Å². The fourth-order valence-electron chi connectivity index (χ4n) is 3.68. The van der Waals surface area contributed by atoms with Gasteiger partial charge in [0, 0.05) is 6.54 Å². The van der Waals surface area contributed by atoms with Crippen molar-refractivity contribution in [2.75, 3.05) is 26.7 Å². The fraction of sp³-hybridized carbons (Fsp3) is 1.00. The molecule has 2 aliphatic rings. The van der Waals surface area contributed by atoms with E-state index >= 15 is 0 Å². The van der Waals surface area contributed by atoms with Crippen LogP contribution < -0.4 is 5.73 Å². The lowest BCUT2D eigenvalue weighted by Gasteiger charge is -2.35. The summed E-state index contributed by atoms with van der Waals surface area (Å²) in [6, 6.07) is 0. The maximum atomic E-state index is 5.79. The molecule has 0 spiro atoms. The predicted octanol–water partition coefficient (Wildman–Crippen LogP) is 1.85. The van der Waals surface area contributed by atoms with Gasteiger partial charge < -0.3 is 10.6 Å². The first kappa shape index (κ1) is 10.4. The Bertz CT molecular complexity index is 183. The summed E-state index contributed by atoms with van der Waals surface area (Å²) in [5.41, 5.74) is 6.39. The first-order chi connectivity index (χ1) is 6.77. The van der Waals surface area contributed by atoms with Crippen molar-refractivity contribution in [3.63, 3.8) is 0 Å². The molecule has 0 radical (unpaired) electrons. The van der Waals surface area contributed by atoms with Crippen molar-refractivity contribution in [3.05, 3.63) is 0 Å².